The molecule has 12 atom stereocenters. The summed E-state index contributed by atoms with van der Waals surface area (Å²) in [6.07, 6.45) is 11.5. The van der Waals surface area contributed by atoms with E-state index in [1.807, 2.05) is 39.3 Å². The first-order chi connectivity index (χ1) is 39.0. The van der Waals surface area contributed by atoms with Gasteiger partial charge in [-0.3, -0.25) is 9.59 Å². The molecule has 9 unspecified atom stereocenters. The standard InChI is InChI=1S/C22H31NO5.C20H27NO4.C19H25NO4.C2H6O2/c1-4-5-8-20-17-14-6-7-15(25-3)18(17)28-19(20)22(26-11-12-27-22)10-9-21(20,24)16(13-14)23-2;1-4-5-9-19-16-12-6-7-14(24-3)17(16)25-18(19)13(22)8-10-20(19,23)15(11-12)21-2;1-3-4-8-18-15-11-5-6-12(21)16(15)24-17(18)13(22)7-9-19(18,23)14(10-11)20-2;3-1-2-4/h6-7,16,19,23-24H,4-5,8-13H2,1-3H3;6-7,15,18,21,23H,4-5,8-11H2,1-3H3;5-6,14,17,20-21,23H,3-4,7-10H2,1-2H3;3-4H,1-2H2/t16?,19?,20-,21?;15?,18?,19-,20?;14?,17?,18-,19?;/m000./s1. The molecule has 446 valence electrons. The number of carbonyl (C=O) groups is 2. The molecule has 13 rings (SSSR count). The average molecular weight is 1130 g/mol. The predicted molar refractivity (Wildman–Crippen MR) is 302 cm³/mol. The van der Waals surface area contributed by atoms with E-state index in [0.717, 1.165) is 104 Å². The van der Waals surface area contributed by atoms with Gasteiger partial charge in [-0.15, -0.1) is 0 Å². The first kappa shape index (κ1) is 59.6. The Balaban J connectivity index is 0.000000132. The number of methoxy groups -OCH3 is 2. The number of rotatable bonds is 15. The van der Waals surface area contributed by atoms with Crippen molar-refractivity contribution in [1.82, 2.24) is 16.0 Å². The Morgan fingerprint density at radius 3 is 1.37 bits per heavy atom. The van der Waals surface area contributed by atoms with E-state index in [4.69, 9.17) is 43.4 Å². The number of ether oxygens (including phenoxy) is 7. The number of phenols is 1. The molecule has 81 heavy (non-hydrogen) atoms. The lowest BCUT2D eigenvalue weighted by Gasteiger charge is -2.60. The van der Waals surface area contributed by atoms with Gasteiger partial charge in [-0.25, -0.2) is 0 Å². The summed E-state index contributed by atoms with van der Waals surface area (Å²) in [5.41, 5.74) is 1.53. The number of aromatic hydroxyl groups is 1. The molecule has 1 saturated heterocycles. The van der Waals surface area contributed by atoms with Crippen LogP contribution in [0, 0.1) is 0 Å². The van der Waals surface area contributed by atoms with Crippen LogP contribution >= 0.6 is 0 Å². The smallest absolute Gasteiger partial charge is 0.207 e. The number of Topliss-reactive ketones (excluding diaryl/α,β-unsaturated/α-hetero) is 2. The summed E-state index contributed by atoms with van der Waals surface area (Å²) in [5.74, 6) is 2.64. The Labute approximate surface area is 476 Å². The van der Waals surface area contributed by atoms with E-state index in [1.54, 1.807) is 20.3 Å². The number of nitrogens with one attached hydrogen (secondary N) is 3. The molecular formula is C63H89N3O15. The van der Waals surface area contributed by atoms with Crippen molar-refractivity contribution in [2.45, 2.75) is 212 Å². The van der Waals surface area contributed by atoms with Crippen LogP contribution in [0.15, 0.2) is 36.4 Å². The average Bonchev–Trinajstić information content (AvgIpc) is 4.26. The van der Waals surface area contributed by atoms with Crippen molar-refractivity contribution in [3.63, 3.8) is 0 Å². The SMILES string of the molecule is CCCC[C@]12c3c4ccc(O)c3OC1C(=O)CCC2(O)C(NC)C4.CCCC[C@]12c3c4ccc(OC)c3OC1C(=O)CCC2(O)C(NC)C4.CCCC[C@]12c3c4ccc(OC)c3OC1C1(CCC2(O)C(NC)C4)OCCO1.OCCO. The van der Waals surface area contributed by atoms with Gasteiger partial charge in [-0.2, -0.15) is 0 Å². The summed E-state index contributed by atoms with van der Waals surface area (Å²) < 4.78 is 42.5. The second-order valence-corrected chi connectivity index (χ2v) is 24.2. The van der Waals surface area contributed by atoms with Gasteiger partial charge in [0.15, 0.2) is 64.4 Å². The van der Waals surface area contributed by atoms with Gasteiger partial charge in [-0.1, -0.05) is 77.5 Å². The third-order valence-corrected chi connectivity index (χ3v) is 20.8. The van der Waals surface area contributed by atoms with Crippen molar-refractivity contribution in [2.75, 3.05) is 61.8 Å². The number of fused-ring (bicyclic) bond motifs is 1. The number of aliphatic hydroxyl groups is 5. The van der Waals surface area contributed by atoms with Gasteiger partial charge in [0, 0.05) is 54.1 Å². The number of ketones is 2. The van der Waals surface area contributed by atoms with Gasteiger partial charge in [0.05, 0.1) is 73.7 Å². The number of likely N-dealkylation sites (N-methyl/N-ethyl adjacent to an activating group) is 3. The fraction of sp³-hybridized carbons (Fsp3) is 0.683. The van der Waals surface area contributed by atoms with E-state index in [0.29, 0.717) is 81.8 Å². The Morgan fingerprint density at radius 1 is 0.543 bits per heavy atom. The van der Waals surface area contributed by atoms with Crippen LogP contribution in [-0.4, -0.2) is 163 Å². The number of aliphatic hydroxyl groups excluding tert-OH is 2. The van der Waals surface area contributed by atoms with E-state index in [2.05, 4.69) is 48.9 Å². The molecule has 18 nitrogen and oxygen atoms in total. The van der Waals surface area contributed by atoms with E-state index in [-0.39, 0.29) is 54.8 Å². The van der Waals surface area contributed by atoms with Gasteiger partial charge in [0.2, 0.25) is 5.79 Å². The molecule has 18 heteroatoms. The summed E-state index contributed by atoms with van der Waals surface area (Å²) in [6, 6.07) is 11.4. The van der Waals surface area contributed by atoms with Gasteiger partial charge in [0.25, 0.3) is 0 Å². The molecule has 3 saturated carbocycles. The summed E-state index contributed by atoms with van der Waals surface area (Å²) in [7, 11) is 9.00. The van der Waals surface area contributed by atoms with Crippen LogP contribution in [0.5, 0.6) is 34.5 Å². The Bertz CT molecular complexity index is 2820. The molecule has 9 N–H and O–H groups in total. The maximum Gasteiger partial charge on any atom is 0.207 e. The molecule has 0 aromatic heterocycles. The van der Waals surface area contributed by atoms with Crippen LogP contribution in [0.25, 0.3) is 0 Å². The highest BCUT2D eigenvalue weighted by molar-refractivity contribution is 5.91. The molecular weight excluding hydrogens is 1040 g/mol. The molecule has 4 aliphatic heterocycles. The van der Waals surface area contributed by atoms with Crippen LogP contribution in [-0.2, 0) is 54.6 Å². The Kier molecular flexibility index (Phi) is 16.7. The summed E-state index contributed by atoms with van der Waals surface area (Å²) in [6.45, 7) is 7.32. The second kappa shape index (κ2) is 22.8. The molecule has 4 heterocycles. The molecule has 3 aromatic rings. The molecule has 6 aliphatic carbocycles. The molecule has 1 spiro atoms. The number of hydrogen-bond acceptors (Lipinski definition) is 18. The van der Waals surface area contributed by atoms with E-state index >= 15 is 0 Å². The van der Waals surface area contributed by atoms with Crippen molar-refractivity contribution in [3.8, 4) is 34.5 Å². The molecule has 0 radical (unpaired) electrons. The Hall–Kier alpha value is -4.60. The number of benzene rings is 3. The largest absolute Gasteiger partial charge is 0.504 e. The molecule has 0 bridgehead atoms. The number of hydrogen-bond donors (Lipinski definition) is 9. The van der Waals surface area contributed by atoms with Crippen LogP contribution < -0.4 is 39.6 Å². The first-order valence-corrected chi connectivity index (χ1v) is 30.0. The lowest BCUT2D eigenvalue weighted by atomic mass is 9.49. The van der Waals surface area contributed by atoms with Crippen LogP contribution in [0.1, 0.15) is 150 Å². The zero-order chi connectivity index (χ0) is 57.9. The highest BCUT2D eigenvalue weighted by Gasteiger charge is 2.76. The van der Waals surface area contributed by atoms with Gasteiger partial charge < -0.3 is 79.7 Å². The minimum absolute atomic E-state index is 0.0362. The van der Waals surface area contributed by atoms with E-state index < -0.39 is 51.0 Å². The van der Waals surface area contributed by atoms with E-state index in [1.165, 1.54) is 5.56 Å². The maximum atomic E-state index is 12.8. The summed E-state index contributed by atoms with van der Waals surface area (Å²) >= 11 is 0. The Morgan fingerprint density at radius 2 is 0.938 bits per heavy atom. The van der Waals surface area contributed by atoms with Crippen molar-refractivity contribution in [1.29, 1.82) is 0 Å². The molecule has 0 amide bonds. The first-order valence-electron chi connectivity index (χ1n) is 30.0. The normalized spacial score (nSPS) is 34.8. The summed E-state index contributed by atoms with van der Waals surface area (Å²) in [5, 5.41) is 71.6. The van der Waals surface area contributed by atoms with Crippen molar-refractivity contribution >= 4 is 11.6 Å². The quantitative estimate of drug-likeness (QED) is 0.0947. The van der Waals surface area contributed by atoms with Gasteiger partial charge >= 0.3 is 0 Å². The monoisotopic (exact) mass is 1130 g/mol. The van der Waals surface area contributed by atoms with Crippen molar-refractivity contribution in [3.05, 3.63) is 69.8 Å². The zero-order valence-corrected chi connectivity index (χ0v) is 48.8. The van der Waals surface area contributed by atoms with Crippen molar-refractivity contribution < 1.29 is 73.4 Å². The lowest BCUT2D eigenvalue weighted by Crippen LogP contribution is -2.76. The third kappa shape index (κ3) is 8.44. The minimum Gasteiger partial charge on any atom is -0.504 e. The number of unbranched alkanes of at least 4 members (excludes halogenated alkanes) is 3. The second-order valence-electron chi connectivity index (χ2n) is 24.2. The summed E-state index contributed by atoms with van der Waals surface area (Å²) in [4.78, 5) is 25.5. The van der Waals surface area contributed by atoms with Gasteiger partial charge in [0.1, 0.15) is 0 Å². The van der Waals surface area contributed by atoms with Crippen LogP contribution in [0.3, 0.4) is 0 Å². The minimum atomic E-state index is -1.04. The fourth-order valence-electron chi connectivity index (χ4n) is 17.2. The third-order valence-electron chi connectivity index (χ3n) is 20.8. The lowest BCUT2D eigenvalue weighted by molar-refractivity contribution is -0.283. The highest BCUT2D eigenvalue weighted by atomic mass is 16.8. The van der Waals surface area contributed by atoms with Crippen LogP contribution in [0.2, 0.25) is 0 Å². The topological polar surface area (TPSA) is 256 Å². The van der Waals surface area contributed by atoms with Crippen LogP contribution in [0.4, 0.5) is 0 Å². The maximum absolute atomic E-state index is 12.8. The predicted octanol–water partition coefficient (Wildman–Crippen LogP) is 5.21. The fourth-order valence-corrected chi connectivity index (χ4v) is 17.2. The highest BCUT2D eigenvalue weighted by Crippen LogP contribution is 2.68. The molecule has 10 aliphatic rings. The molecule has 3 aromatic carbocycles. The van der Waals surface area contributed by atoms with Crippen molar-refractivity contribution in [2.24, 2.45) is 0 Å². The van der Waals surface area contributed by atoms with E-state index in [9.17, 15) is 30.0 Å². The number of carbonyl (C=O) groups excluding carboxylic acids is 2. The molecule has 4 fully saturated rings. The van der Waals surface area contributed by atoms with Gasteiger partial charge in [-0.05, 0) is 114 Å². The number of phenolic OH excluding ortho intramolecular Hbond substituents is 1. The zero-order valence-electron chi connectivity index (χ0n) is 48.8.